The minimum absolute atomic E-state index is 0.131. The lowest BCUT2D eigenvalue weighted by Gasteiger charge is -2.38. The molecule has 1 aliphatic rings. The van der Waals surface area contributed by atoms with E-state index in [2.05, 4.69) is 21.8 Å². The number of nitrogens with zero attached hydrogens (tertiary/aromatic N) is 3. The second-order valence-corrected chi connectivity index (χ2v) is 6.37. The molecule has 1 fully saturated rings. The molecule has 2 atom stereocenters. The number of rotatable bonds is 2. The van der Waals surface area contributed by atoms with Gasteiger partial charge in [0.1, 0.15) is 10.6 Å². The number of piperidine rings is 1. The molecule has 20 heavy (non-hydrogen) atoms. The molecular weight excluding hydrogens is 296 g/mol. The summed E-state index contributed by atoms with van der Waals surface area (Å²) in [7, 11) is 0. The Bertz CT molecular complexity index is 659. The summed E-state index contributed by atoms with van der Waals surface area (Å²) in [5.41, 5.74) is 5.45. The number of hydrogen-bond acceptors (Lipinski definition) is 5. The van der Waals surface area contributed by atoms with Crippen LogP contribution in [-0.4, -0.2) is 28.5 Å². The number of primary amides is 1. The Balaban J connectivity index is 2.04. The van der Waals surface area contributed by atoms with Crippen molar-refractivity contribution in [2.75, 3.05) is 11.4 Å². The van der Waals surface area contributed by atoms with Gasteiger partial charge in [0.2, 0.25) is 11.2 Å². The highest BCUT2D eigenvalue weighted by Crippen LogP contribution is 2.33. The highest BCUT2D eigenvalue weighted by Gasteiger charge is 2.30. The molecule has 1 aliphatic heterocycles. The summed E-state index contributed by atoms with van der Waals surface area (Å²) >= 11 is 7.55. The van der Waals surface area contributed by atoms with Gasteiger partial charge in [-0.15, -0.1) is 11.3 Å². The van der Waals surface area contributed by atoms with Crippen molar-refractivity contribution in [1.82, 2.24) is 9.97 Å². The molecule has 0 radical (unpaired) electrons. The van der Waals surface area contributed by atoms with Crippen molar-refractivity contribution in [3.63, 3.8) is 0 Å². The van der Waals surface area contributed by atoms with E-state index in [0.29, 0.717) is 12.6 Å². The van der Waals surface area contributed by atoms with Gasteiger partial charge in [-0.1, -0.05) is 0 Å². The van der Waals surface area contributed by atoms with Crippen LogP contribution in [0.15, 0.2) is 11.4 Å². The molecule has 1 saturated heterocycles. The number of carbonyl (C=O) groups is 1. The number of amides is 1. The van der Waals surface area contributed by atoms with Crippen LogP contribution >= 0.6 is 22.9 Å². The second kappa shape index (κ2) is 5.18. The third-order valence-electron chi connectivity index (χ3n) is 3.83. The molecule has 2 aromatic heterocycles. The second-order valence-electron chi connectivity index (χ2n) is 5.13. The van der Waals surface area contributed by atoms with Crippen molar-refractivity contribution < 1.29 is 4.79 Å². The summed E-state index contributed by atoms with van der Waals surface area (Å²) < 4.78 is 0. The molecule has 2 aromatic rings. The van der Waals surface area contributed by atoms with Crippen LogP contribution in [0.5, 0.6) is 0 Å². The van der Waals surface area contributed by atoms with Crippen LogP contribution in [0.25, 0.3) is 10.2 Å². The first-order valence-corrected chi connectivity index (χ1v) is 7.78. The van der Waals surface area contributed by atoms with Gasteiger partial charge < -0.3 is 10.6 Å². The number of hydrogen-bond donors (Lipinski definition) is 1. The fourth-order valence-corrected chi connectivity index (χ4v) is 3.64. The van der Waals surface area contributed by atoms with Crippen LogP contribution in [0.1, 0.15) is 19.8 Å². The Morgan fingerprint density at radius 2 is 2.30 bits per heavy atom. The smallest absolute Gasteiger partial charge is 0.225 e. The normalized spacial score (nSPS) is 23.2. The van der Waals surface area contributed by atoms with Gasteiger partial charge in [0.25, 0.3) is 0 Å². The van der Waals surface area contributed by atoms with Crippen LogP contribution in [0.3, 0.4) is 0 Å². The lowest BCUT2D eigenvalue weighted by atomic mass is 9.93. The Kier molecular flexibility index (Phi) is 3.52. The number of aromatic nitrogens is 2. The molecule has 0 aromatic carbocycles. The third-order valence-corrected chi connectivity index (χ3v) is 4.81. The highest BCUT2D eigenvalue weighted by atomic mass is 35.5. The van der Waals surface area contributed by atoms with Crippen molar-refractivity contribution in [3.05, 3.63) is 16.7 Å². The van der Waals surface area contributed by atoms with E-state index in [-0.39, 0.29) is 17.1 Å². The molecule has 3 rings (SSSR count). The van der Waals surface area contributed by atoms with Crippen molar-refractivity contribution in [2.45, 2.75) is 25.8 Å². The zero-order chi connectivity index (χ0) is 14.3. The third kappa shape index (κ3) is 2.33. The number of halogens is 1. The monoisotopic (exact) mass is 310 g/mol. The van der Waals surface area contributed by atoms with E-state index in [1.807, 2.05) is 11.4 Å². The summed E-state index contributed by atoms with van der Waals surface area (Å²) in [4.78, 5) is 23.1. The minimum atomic E-state index is -0.247. The predicted octanol–water partition coefficient (Wildman–Crippen LogP) is 2.43. The molecule has 2 unspecified atom stereocenters. The molecule has 0 aliphatic carbocycles. The summed E-state index contributed by atoms with van der Waals surface area (Å²) in [6.45, 7) is 2.72. The average molecular weight is 311 g/mol. The first kappa shape index (κ1) is 13.6. The Labute approximate surface area is 125 Å². The molecule has 2 N–H and O–H groups in total. The molecule has 0 saturated carbocycles. The van der Waals surface area contributed by atoms with Crippen LogP contribution in [0.2, 0.25) is 5.28 Å². The first-order valence-electron chi connectivity index (χ1n) is 6.53. The average Bonchev–Trinajstić information content (AvgIpc) is 2.86. The van der Waals surface area contributed by atoms with E-state index < -0.39 is 0 Å². The van der Waals surface area contributed by atoms with Gasteiger partial charge in [0, 0.05) is 12.6 Å². The van der Waals surface area contributed by atoms with Gasteiger partial charge in [-0.25, -0.2) is 4.98 Å². The number of fused-ring (bicyclic) bond motifs is 1. The highest BCUT2D eigenvalue weighted by molar-refractivity contribution is 7.16. The summed E-state index contributed by atoms with van der Waals surface area (Å²) in [5.74, 6) is 0.428. The minimum Gasteiger partial charge on any atom is -0.369 e. The standard InChI is InChI=1S/C13H15ClN4OS/c1-7-2-3-8(10(15)19)6-18(7)11-9-4-5-20-12(9)17-13(14)16-11/h4-5,7-8H,2-3,6H2,1H3,(H2,15,19). The van der Waals surface area contributed by atoms with E-state index in [0.717, 1.165) is 28.9 Å². The van der Waals surface area contributed by atoms with Crippen molar-refractivity contribution in [2.24, 2.45) is 11.7 Å². The quantitative estimate of drug-likeness (QED) is 0.865. The zero-order valence-corrected chi connectivity index (χ0v) is 12.6. The zero-order valence-electron chi connectivity index (χ0n) is 11.0. The van der Waals surface area contributed by atoms with Crippen LogP contribution in [-0.2, 0) is 4.79 Å². The summed E-state index contributed by atoms with van der Waals surface area (Å²) in [6, 6.07) is 2.30. The molecular formula is C13H15ClN4OS. The Hall–Kier alpha value is -1.40. The maximum Gasteiger partial charge on any atom is 0.225 e. The number of anilines is 1. The Morgan fingerprint density at radius 1 is 1.50 bits per heavy atom. The SMILES string of the molecule is CC1CCC(C(N)=O)CN1c1nc(Cl)nc2sccc12. The van der Waals surface area contributed by atoms with Gasteiger partial charge in [0.15, 0.2) is 0 Å². The topological polar surface area (TPSA) is 72.1 Å². The van der Waals surface area contributed by atoms with Crippen LogP contribution in [0.4, 0.5) is 5.82 Å². The fraction of sp³-hybridized carbons (Fsp3) is 0.462. The lowest BCUT2D eigenvalue weighted by Crippen LogP contribution is -2.46. The van der Waals surface area contributed by atoms with Crippen molar-refractivity contribution in [3.8, 4) is 0 Å². The Morgan fingerprint density at radius 3 is 3.05 bits per heavy atom. The van der Waals surface area contributed by atoms with E-state index in [1.54, 1.807) is 0 Å². The first-order chi connectivity index (χ1) is 9.56. The van der Waals surface area contributed by atoms with Crippen LogP contribution < -0.4 is 10.6 Å². The van der Waals surface area contributed by atoms with Crippen molar-refractivity contribution in [1.29, 1.82) is 0 Å². The predicted molar refractivity (Wildman–Crippen MR) is 81.2 cm³/mol. The van der Waals surface area contributed by atoms with Crippen molar-refractivity contribution >= 4 is 44.9 Å². The van der Waals surface area contributed by atoms with Crippen LogP contribution in [0, 0.1) is 5.92 Å². The van der Waals surface area contributed by atoms with Gasteiger partial charge in [-0.2, -0.15) is 4.98 Å². The van der Waals surface area contributed by atoms with E-state index >= 15 is 0 Å². The van der Waals surface area contributed by atoms with Gasteiger partial charge >= 0.3 is 0 Å². The lowest BCUT2D eigenvalue weighted by molar-refractivity contribution is -0.122. The van der Waals surface area contributed by atoms with Gasteiger partial charge in [-0.05, 0) is 42.8 Å². The summed E-state index contributed by atoms with van der Waals surface area (Å²) in [6.07, 6.45) is 1.75. The molecule has 3 heterocycles. The summed E-state index contributed by atoms with van der Waals surface area (Å²) in [5, 5.41) is 3.19. The molecule has 5 nitrogen and oxygen atoms in total. The number of nitrogens with two attached hydrogens (primary N) is 1. The number of carbonyl (C=O) groups excluding carboxylic acids is 1. The van der Waals surface area contributed by atoms with Gasteiger partial charge in [-0.3, -0.25) is 4.79 Å². The largest absolute Gasteiger partial charge is 0.369 e. The maximum absolute atomic E-state index is 11.5. The van der Waals surface area contributed by atoms with E-state index in [1.165, 1.54) is 11.3 Å². The van der Waals surface area contributed by atoms with Gasteiger partial charge in [0.05, 0.1) is 11.3 Å². The molecule has 106 valence electrons. The molecule has 7 heteroatoms. The fourth-order valence-electron chi connectivity index (χ4n) is 2.67. The molecule has 0 spiro atoms. The molecule has 0 bridgehead atoms. The number of thiophene rings is 1. The molecule has 1 amide bonds. The van der Waals surface area contributed by atoms with E-state index in [9.17, 15) is 4.79 Å². The maximum atomic E-state index is 11.5. The van der Waals surface area contributed by atoms with E-state index in [4.69, 9.17) is 17.3 Å².